The normalized spacial score (nSPS) is 12.9. The summed E-state index contributed by atoms with van der Waals surface area (Å²) in [4.78, 5) is 0. The molecule has 90 valence electrons. The molecule has 0 saturated heterocycles. The van der Waals surface area contributed by atoms with Crippen molar-refractivity contribution in [2.24, 2.45) is 5.73 Å². The maximum absolute atomic E-state index is 5.88. The summed E-state index contributed by atoms with van der Waals surface area (Å²) in [7, 11) is 1.71. The second kappa shape index (κ2) is 5.69. The Kier molecular flexibility index (Phi) is 4.81. The predicted molar refractivity (Wildman–Crippen MR) is 72.1 cm³/mol. The van der Waals surface area contributed by atoms with Gasteiger partial charge >= 0.3 is 0 Å². The van der Waals surface area contributed by atoms with Crippen molar-refractivity contribution < 1.29 is 4.74 Å². The van der Waals surface area contributed by atoms with Crippen LogP contribution < -0.4 is 10.5 Å². The topological polar surface area (TPSA) is 35.2 Å². The van der Waals surface area contributed by atoms with Crippen LogP contribution in [0, 0.1) is 0 Å². The van der Waals surface area contributed by atoms with Crippen LogP contribution in [0.2, 0.25) is 0 Å². The van der Waals surface area contributed by atoms with Crippen LogP contribution in [-0.4, -0.2) is 13.2 Å². The van der Waals surface area contributed by atoms with Crippen LogP contribution in [0.4, 0.5) is 0 Å². The summed E-state index contributed by atoms with van der Waals surface area (Å²) < 4.78 is 6.48. The Morgan fingerprint density at radius 2 is 1.94 bits per heavy atom. The van der Waals surface area contributed by atoms with Crippen LogP contribution in [0.3, 0.4) is 0 Å². The summed E-state index contributed by atoms with van der Waals surface area (Å²) in [5, 5.41) is 0. The Labute approximate surface area is 106 Å². The summed E-state index contributed by atoms with van der Waals surface area (Å²) in [5.74, 6) is 1.39. The molecule has 1 rings (SSSR count). The third-order valence-electron chi connectivity index (χ3n) is 2.53. The molecule has 0 aromatic heterocycles. The molecular weight excluding hydrogens is 266 g/mol. The molecule has 2 N–H and O–H groups in total. The van der Waals surface area contributed by atoms with Crippen molar-refractivity contribution in [2.45, 2.75) is 39.2 Å². The molecule has 1 aromatic carbocycles. The fourth-order valence-corrected chi connectivity index (χ4v) is 2.47. The highest BCUT2D eigenvalue weighted by Gasteiger charge is 2.15. The molecule has 0 amide bonds. The Hall–Kier alpha value is -0.540. The molecular formula is C13H20BrNO. The summed E-state index contributed by atoms with van der Waals surface area (Å²) in [6.45, 7) is 6.38. The monoisotopic (exact) mass is 285 g/mol. The molecule has 1 aromatic rings. The molecule has 0 bridgehead atoms. The second-order valence-corrected chi connectivity index (χ2v) is 5.43. The van der Waals surface area contributed by atoms with E-state index in [1.807, 2.05) is 13.0 Å². The molecule has 3 heteroatoms. The number of ether oxygens (including phenoxy) is 1. The Bertz CT molecular complexity index is 361. The summed E-state index contributed by atoms with van der Waals surface area (Å²) in [5.41, 5.74) is 8.42. The van der Waals surface area contributed by atoms with Gasteiger partial charge in [0, 0.05) is 10.5 Å². The van der Waals surface area contributed by atoms with Crippen molar-refractivity contribution in [1.29, 1.82) is 0 Å². The van der Waals surface area contributed by atoms with E-state index in [-0.39, 0.29) is 6.04 Å². The van der Waals surface area contributed by atoms with Crippen LogP contribution >= 0.6 is 15.9 Å². The quantitative estimate of drug-likeness (QED) is 0.919. The van der Waals surface area contributed by atoms with Gasteiger partial charge in [-0.3, -0.25) is 0 Å². The number of methoxy groups -OCH3 is 1. The van der Waals surface area contributed by atoms with E-state index in [9.17, 15) is 0 Å². The number of hydrogen-bond donors (Lipinski definition) is 1. The van der Waals surface area contributed by atoms with Crippen molar-refractivity contribution >= 4 is 15.9 Å². The Morgan fingerprint density at radius 1 is 1.31 bits per heavy atom. The maximum Gasteiger partial charge on any atom is 0.123 e. The van der Waals surface area contributed by atoms with Gasteiger partial charge in [-0.2, -0.15) is 0 Å². The fourth-order valence-electron chi connectivity index (χ4n) is 1.99. The fraction of sp³-hybridized carbons (Fsp3) is 0.538. The van der Waals surface area contributed by atoms with Crippen LogP contribution in [0.1, 0.15) is 37.8 Å². The first-order valence-corrected chi connectivity index (χ1v) is 6.36. The van der Waals surface area contributed by atoms with Crippen molar-refractivity contribution in [1.82, 2.24) is 0 Å². The van der Waals surface area contributed by atoms with Crippen molar-refractivity contribution in [3.8, 4) is 5.75 Å². The minimum absolute atomic E-state index is 0.163. The highest BCUT2D eigenvalue weighted by molar-refractivity contribution is 9.10. The minimum atomic E-state index is 0.163. The lowest BCUT2D eigenvalue weighted by Gasteiger charge is -2.18. The first-order chi connectivity index (χ1) is 7.45. The number of benzene rings is 1. The van der Waals surface area contributed by atoms with E-state index in [0.29, 0.717) is 5.92 Å². The van der Waals surface area contributed by atoms with E-state index in [1.54, 1.807) is 7.11 Å². The van der Waals surface area contributed by atoms with Crippen LogP contribution in [-0.2, 0) is 6.42 Å². The lowest BCUT2D eigenvalue weighted by atomic mass is 9.92. The van der Waals surface area contributed by atoms with Gasteiger partial charge < -0.3 is 10.5 Å². The summed E-state index contributed by atoms with van der Waals surface area (Å²) >= 11 is 3.51. The third kappa shape index (κ3) is 3.22. The Morgan fingerprint density at radius 3 is 2.38 bits per heavy atom. The van der Waals surface area contributed by atoms with Crippen LogP contribution in [0.5, 0.6) is 5.75 Å². The van der Waals surface area contributed by atoms with Gasteiger partial charge in [-0.1, -0.05) is 29.8 Å². The third-order valence-corrected chi connectivity index (χ3v) is 2.99. The first kappa shape index (κ1) is 13.5. The second-order valence-electron chi connectivity index (χ2n) is 4.52. The van der Waals surface area contributed by atoms with Crippen molar-refractivity contribution in [2.75, 3.05) is 7.11 Å². The van der Waals surface area contributed by atoms with Gasteiger partial charge in [0.05, 0.1) is 7.11 Å². The van der Waals surface area contributed by atoms with Crippen LogP contribution in [0.15, 0.2) is 16.6 Å². The average molecular weight is 286 g/mol. The van der Waals surface area contributed by atoms with Gasteiger partial charge in [-0.05, 0) is 42.5 Å². The van der Waals surface area contributed by atoms with E-state index >= 15 is 0 Å². The van der Waals surface area contributed by atoms with E-state index < -0.39 is 0 Å². The molecule has 0 radical (unpaired) electrons. The van der Waals surface area contributed by atoms with E-state index in [0.717, 1.165) is 16.6 Å². The molecule has 1 unspecified atom stereocenters. The van der Waals surface area contributed by atoms with Crippen molar-refractivity contribution in [3.05, 3.63) is 27.7 Å². The highest BCUT2D eigenvalue weighted by Crippen LogP contribution is 2.33. The summed E-state index contributed by atoms with van der Waals surface area (Å²) in [6, 6.07) is 4.32. The van der Waals surface area contributed by atoms with Gasteiger partial charge in [0.25, 0.3) is 0 Å². The molecule has 0 aliphatic rings. The largest absolute Gasteiger partial charge is 0.496 e. The Balaban J connectivity index is 3.26. The molecule has 16 heavy (non-hydrogen) atoms. The molecule has 0 aliphatic carbocycles. The zero-order chi connectivity index (χ0) is 12.3. The minimum Gasteiger partial charge on any atom is -0.496 e. The smallest absolute Gasteiger partial charge is 0.123 e. The van der Waals surface area contributed by atoms with E-state index in [2.05, 4.69) is 35.8 Å². The van der Waals surface area contributed by atoms with Gasteiger partial charge in [0.2, 0.25) is 0 Å². The SMILES string of the molecule is COc1cc(Br)cc(CC(C)N)c1C(C)C. The standard InChI is InChI=1S/C13H20BrNO/c1-8(2)13-10(5-9(3)15)6-11(14)7-12(13)16-4/h6-9H,5,15H2,1-4H3. The first-order valence-electron chi connectivity index (χ1n) is 5.57. The van der Waals surface area contributed by atoms with Crippen LogP contribution in [0.25, 0.3) is 0 Å². The number of rotatable bonds is 4. The molecule has 0 fully saturated rings. The molecule has 0 spiro atoms. The lowest BCUT2D eigenvalue weighted by molar-refractivity contribution is 0.406. The number of hydrogen-bond acceptors (Lipinski definition) is 2. The zero-order valence-corrected chi connectivity index (χ0v) is 12.0. The molecule has 1 atom stereocenters. The lowest BCUT2D eigenvalue weighted by Crippen LogP contribution is -2.19. The van der Waals surface area contributed by atoms with E-state index in [1.165, 1.54) is 11.1 Å². The molecule has 0 saturated carbocycles. The van der Waals surface area contributed by atoms with Gasteiger partial charge in [0.1, 0.15) is 5.75 Å². The summed E-state index contributed by atoms with van der Waals surface area (Å²) in [6.07, 6.45) is 0.878. The number of halogens is 1. The van der Waals surface area contributed by atoms with Gasteiger partial charge in [-0.25, -0.2) is 0 Å². The zero-order valence-electron chi connectivity index (χ0n) is 10.4. The van der Waals surface area contributed by atoms with Gasteiger partial charge in [0.15, 0.2) is 0 Å². The predicted octanol–water partition coefficient (Wildman–Crippen LogP) is 3.47. The molecule has 0 heterocycles. The van der Waals surface area contributed by atoms with Crippen molar-refractivity contribution in [3.63, 3.8) is 0 Å². The van der Waals surface area contributed by atoms with E-state index in [4.69, 9.17) is 10.5 Å². The average Bonchev–Trinajstić information content (AvgIpc) is 2.14. The molecule has 0 aliphatic heterocycles. The number of nitrogens with two attached hydrogens (primary N) is 1. The van der Waals surface area contributed by atoms with Gasteiger partial charge in [-0.15, -0.1) is 0 Å². The molecule has 2 nitrogen and oxygen atoms in total. The maximum atomic E-state index is 5.88. The highest BCUT2D eigenvalue weighted by atomic mass is 79.9.